The Morgan fingerprint density at radius 3 is 2.35 bits per heavy atom. The minimum atomic E-state index is -0.908. The van der Waals surface area contributed by atoms with Crippen molar-refractivity contribution in [1.29, 1.82) is 0 Å². The van der Waals surface area contributed by atoms with Gasteiger partial charge in [-0.15, -0.1) is 0 Å². The van der Waals surface area contributed by atoms with E-state index in [9.17, 15) is 13.2 Å². The van der Waals surface area contributed by atoms with Gasteiger partial charge in [-0.3, -0.25) is 0 Å². The molecule has 0 amide bonds. The van der Waals surface area contributed by atoms with Crippen molar-refractivity contribution in [3.05, 3.63) is 70.0 Å². The van der Waals surface area contributed by atoms with Crippen molar-refractivity contribution >= 4 is 11.6 Å². The van der Waals surface area contributed by atoms with E-state index in [1.54, 1.807) is 19.2 Å². The van der Waals surface area contributed by atoms with Crippen molar-refractivity contribution in [2.75, 3.05) is 7.05 Å². The largest absolute Gasteiger partial charge is 0.313 e. The summed E-state index contributed by atoms with van der Waals surface area (Å²) in [4.78, 5) is 0. The van der Waals surface area contributed by atoms with E-state index in [0.717, 1.165) is 12.1 Å². The Kier molecular flexibility index (Phi) is 4.68. The van der Waals surface area contributed by atoms with Crippen molar-refractivity contribution in [2.24, 2.45) is 0 Å². The van der Waals surface area contributed by atoms with Crippen molar-refractivity contribution in [3.63, 3.8) is 0 Å². The normalized spacial score (nSPS) is 12.4. The Hall–Kier alpha value is -1.52. The number of likely N-dealkylation sites (N-methyl/N-ethyl adjacent to an activating group) is 1. The summed E-state index contributed by atoms with van der Waals surface area (Å²) in [6, 6.07) is 7.72. The Morgan fingerprint density at radius 2 is 1.75 bits per heavy atom. The molecule has 106 valence electrons. The predicted molar refractivity (Wildman–Crippen MR) is 73.3 cm³/mol. The van der Waals surface area contributed by atoms with Crippen molar-refractivity contribution in [2.45, 2.75) is 12.5 Å². The molecular weight excluding hydrogens is 287 g/mol. The highest BCUT2D eigenvalue weighted by Gasteiger charge is 2.15. The van der Waals surface area contributed by atoms with Crippen LogP contribution in [0.15, 0.2) is 36.4 Å². The maximum absolute atomic E-state index is 13.9. The number of benzene rings is 2. The zero-order chi connectivity index (χ0) is 14.7. The van der Waals surface area contributed by atoms with Crippen LogP contribution in [-0.2, 0) is 6.42 Å². The van der Waals surface area contributed by atoms with E-state index >= 15 is 0 Å². The van der Waals surface area contributed by atoms with E-state index in [1.165, 1.54) is 12.1 Å². The number of hydrogen-bond donors (Lipinski definition) is 1. The van der Waals surface area contributed by atoms with Crippen LogP contribution in [0.5, 0.6) is 0 Å². The van der Waals surface area contributed by atoms with Crippen LogP contribution < -0.4 is 5.32 Å². The average Bonchev–Trinajstić information content (AvgIpc) is 2.41. The lowest BCUT2D eigenvalue weighted by molar-refractivity contribution is 0.502. The fourth-order valence-corrected chi connectivity index (χ4v) is 2.21. The zero-order valence-electron chi connectivity index (χ0n) is 10.8. The molecule has 0 aromatic heterocycles. The van der Waals surface area contributed by atoms with E-state index < -0.39 is 17.5 Å². The quantitative estimate of drug-likeness (QED) is 0.889. The molecule has 2 aromatic rings. The highest BCUT2D eigenvalue weighted by molar-refractivity contribution is 6.30. The molecule has 5 heteroatoms. The molecule has 0 saturated carbocycles. The SMILES string of the molecule is CNC(Cc1ccc(F)c(F)c1)c1ccc(Cl)cc1F. The first kappa shape index (κ1) is 14.9. The molecular formula is C15H13ClF3N. The highest BCUT2D eigenvalue weighted by Crippen LogP contribution is 2.24. The molecule has 0 saturated heterocycles. The van der Waals surface area contributed by atoms with Gasteiger partial charge in [0.25, 0.3) is 0 Å². The van der Waals surface area contributed by atoms with Crippen LogP contribution in [0.2, 0.25) is 5.02 Å². The van der Waals surface area contributed by atoms with E-state index in [2.05, 4.69) is 5.32 Å². The van der Waals surface area contributed by atoms with Crippen LogP contribution in [0.25, 0.3) is 0 Å². The second kappa shape index (κ2) is 6.29. The van der Waals surface area contributed by atoms with Gasteiger partial charge in [0.2, 0.25) is 0 Å². The summed E-state index contributed by atoms with van der Waals surface area (Å²) in [5.74, 6) is -2.24. The van der Waals surface area contributed by atoms with E-state index in [0.29, 0.717) is 22.6 Å². The minimum absolute atomic E-state index is 0.314. The Morgan fingerprint density at radius 1 is 1.00 bits per heavy atom. The third kappa shape index (κ3) is 3.32. The lowest BCUT2D eigenvalue weighted by Gasteiger charge is -2.17. The molecule has 0 fully saturated rings. The zero-order valence-corrected chi connectivity index (χ0v) is 11.5. The molecule has 0 aliphatic carbocycles. The summed E-state index contributed by atoms with van der Waals surface area (Å²) in [7, 11) is 1.68. The third-order valence-electron chi connectivity index (χ3n) is 3.11. The van der Waals surface area contributed by atoms with Crippen molar-refractivity contribution in [1.82, 2.24) is 5.32 Å². The molecule has 0 bridgehead atoms. The second-order valence-electron chi connectivity index (χ2n) is 4.46. The molecule has 0 heterocycles. The molecule has 2 aromatic carbocycles. The van der Waals surface area contributed by atoms with Crippen LogP contribution in [0.4, 0.5) is 13.2 Å². The molecule has 0 aliphatic heterocycles. The van der Waals surface area contributed by atoms with Gasteiger partial charge >= 0.3 is 0 Å². The van der Waals surface area contributed by atoms with E-state index in [1.807, 2.05) is 0 Å². The van der Waals surface area contributed by atoms with Crippen molar-refractivity contribution in [3.8, 4) is 0 Å². The molecule has 0 spiro atoms. The highest BCUT2D eigenvalue weighted by atomic mass is 35.5. The maximum Gasteiger partial charge on any atom is 0.159 e. The molecule has 1 N–H and O–H groups in total. The van der Waals surface area contributed by atoms with Gasteiger partial charge in [0.05, 0.1) is 0 Å². The summed E-state index contributed by atoms with van der Waals surface area (Å²) in [6.07, 6.45) is 0.340. The summed E-state index contributed by atoms with van der Waals surface area (Å²) >= 11 is 5.71. The molecule has 0 aliphatic rings. The lowest BCUT2D eigenvalue weighted by atomic mass is 9.98. The minimum Gasteiger partial charge on any atom is -0.313 e. The maximum atomic E-state index is 13.9. The Bertz CT molecular complexity index is 616. The van der Waals surface area contributed by atoms with Gasteiger partial charge in [-0.1, -0.05) is 23.7 Å². The molecule has 1 atom stereocenters. The second-order valence-corrected chi connectivity index (χ2v) is 4.90. The third-order valence-corrected chi connectivity index (χ3v) is 3.35. The van der Waals surface area contributed by atoms with Crippen LogP contribution in [-0.4, -0.2) is 7.05 Å². The molecule has 0 radical (unpaired) electrons. The number of rotatable bonds is 4. The van der Waals surface area contributed by atoms with E-state index in [4.69, 9.17) is 11.6 Å². The Labute approximate surface area is 120 Å². The molecule has 20 heavy (non-hydrogen) atoms. The van der Waals surface area contributed by atoms with Crippen LogP contribution >= 0.6 is 11.6 Å². The molecule has 1 unspecified atom stereocenters. The number of halogens is 4. The monoisotopic (exact) mass is 299 g/mol. The smallest absolute Gasteiger partial charge is 0.159 e. The standard InChI is InChI=1S/C15H13ClF3N/c1-20-15(11-4-3-10(16)8-13(11)18)7-9-2-5-12(17)14(19)6-9/h2-6,8,15,20H,7H2,1H3. The van der Waals surface area contributed by atoms with Crippen LogP contribution in [0.3, 0.4) is 0 Å². The summed E-state index contributed by atoms with van der Waals surface area (Å²) in [5, 5.41) is 3.28. The average molecular weight is 300 g/mol. The van der Waals surface area contributed by atoms with Gasteiger partial charge in [-0.05, 0) is 43.3 Å². The first-order chi connectivity index (χ1) is 9.51. The van der Waals surface area contributed by atoms with Crippen LogP contribution in [0, 0.1) is 17.5 Å². The van der Waals surface area contributed by atoms with Gasteiger partial charge in [-0.25, -0.2) is 13.2 Å². The lowest BCUT2D eigenvalue weighted by Crippen LogP contribution is -2.20. The summed E-state index contributed by atoms with van der Waals surface area (Å²) < 4.78 is 39.9. The van der Waals surface area contributed by atoms with Gasteiger partial charge in [0, 0.05) is 16.6 Å². The van der Waals surface area contributed by atoms with Gasteiger partial charge in [-0.2, -0.15) is 0 Å². The predicted octanol–water partition coefficient (Wildman–Crippen LogP) is 4.26. The molecule has 2 rings (SSSR count). The topological polar surface area (TPSA) is 12.0 Å². The van der Waals surface area contributed by atoms with Gasteiger partial charge in [0.1, 0.15) is 5.82 Å². The fourth-order valence-electron chi connectivity index (χ4n) is 2.05. The van der Waals surface area contributed by atoms with Crippen molar-refractivity contribution < 1.29 is 13.2 Å². The number of hydrogen-bond acceptors (Lipinski definition) is 1. The van der Waals surface area contributed by atoms with Gasteiger partial charge in [0.15, 0.2) is 11.6 Å². The Balaban J connectivity index is 2.26. The summed E-state index contributed by atoms with van der Waals surface area (Å²) in [5.41, 5.74) is 1.01. The van der Waals surface area contributed by atoms with E-state index in [-0.39, 0.29) is 6.04 Å². The number of nitrogens with one attached hydrogen (secondary N) is 1. The molecule has 1 nitrogen and oxygen atoms in total. The summed E-state index contributed by atoms with van der Waals surface area (Å²) in [6.45, 7) is 0. The van der Waals surface area contributed by atoms with Crippen LogP contribution in [0.1, 0.15) is 17.2 Å². The first-order valence-electron chi connectivity index (χ1n) is 6.07. The van der Waals surface area contributed by atoms with Gasteiger partial charge < -0.3 is 5.32 Å². The fraction of sp³-hybridized carbons (Fsp3) is 0.200. The first-order valence-corrected chi connectivity index (χ1v) is 6.45.